The van der Waals surface area contributed by atoms with Crippen LogP contribution >= 0.6 is 0 Å². The van der Waals surface area contributed by atoms with E-state index in [1.807, 2.05) is 28.8 Å². The fourth-order valence-electron chi connectivity index (χ4n) is 3.97. The molecule has 5 rings (SSSR count). The number of nitrogens with zero attached hydrogens (tertiary/aromatic N) is 3. The molecule has 9 heteroatoms. The molecule has 0 fully saturated rings. The van der Waals surface area contributed by atoms with Gasteiger partial charge in [0, 0.05) is 30.1 Å². The fourth-order valence-corrected chi connectivity index (χ4v) is 5.62. The van der Waals surface area contributed by atoms with E-state index in [1.165, 1.54) is 24.3 Å². The molecule has 3 aromatic carbocycles. The van der Waals surface area contributed by atoms with Crippen molar-refractivity contribution < 1.29 is 17.6 Å². The van der Waals surface area contributed by atoms with Crippen LogP contribution in [0.5, 0.6) is 0 Å². The molecule has 0 aliphatic carbocycles. The van der Waals surface area contributed by atoms with E-state index in [0.717, 1.165) is 15.6 Å². The molecule has 1 amide bonds. The van der Waals surface area contributed by atoms with Crippen LogP contribution in [-0.2, 0) is 21.4 Å². The monoisotopic (exact) mass is 462 g/mol. The van der Waals surface area contributed by atoms with Crippen molar-refractivity contribution in [2.75, 3.05) is 10.8 Å². The SMILES string of the molecule is O=C(CN1c2ccc(F)cc2-c2ccccc2S1(=O)=O)NCc1ccccc1-n1ccnc1. The van der Waals surface area contributed by atoms with Crippen LogP contribution in [-0.4, -0.2) is 30.4 Å². The third-order valence-corrected chi connectivity index (χ3v) is 7.33. The van der Waals surface area contributed by atoms with E-state index in [-0.39, 0.29) is 17.1 Å². The van der Waals surface area contributed by atoms with Crippen LogP contribution in [0.1, 0.15) is 5.56 Å². The van der Waals surface area contributed by atoms with Gasteiger partial charge in [0.05, 0.1) is 22.6 Å². The van der Waals surface area contributed by atoms with Gasteiger partial charge in [-0.05, 0) is 35.9 Å². The minimum Gasteiger partial charge on any atom is -0.350 e. The summed E-state index contributed by atoms with van der Waals surface area (Å²) in [6, 6.07) is 17.8. The maximum atomic E-state index is 14.0. The fraction of sp³-hybridized carbons (Fsp3) is 0.0833. The van der Waals surface area contributed by atoms with Gasteiger partial charge in [-0.3, -0.25) is 9.10 Å². The van der Waals surface area contributed by atoms with Gasteiger partial charge in [0.2, 0.25) is 5.91 Å². The Balaban J connectivity index is 1.42. The summed E-state index contributed by atoms with van der Waals surface area (Å²) in [5.74, 6) is -0.961. The van der Waals surface area contributed by atoms with Gasteiger partial charge < -0.3 is 9.88 Å². The highest BCUT2D eigenvalue weighted by Crippen LogP contribution is 2.42. The lowest BCUT2D eigenvalue weighted by Gasteiger charge is -2.31. The van der Waals surface area contributed by atoms with E-state index >= 15 is 0 Å². The number of imidazole rings is 1. The number of anilines is 1. The molecule has 166 valence electrons. The molecule has 0 spiro atoms. The van der Waals surface area contributed by atoms with Gasteiger partial charge >= 0.3 is 0 Å². The van der Waals surface area contributed by atoms with Crippen LogP contribution in [0.25, 0.3) is 16.8 Å². The Bertz CT molecular complexity index is 1450. The van der Waals surface area contributed by atoms with Crippen molar-refractivity contribution in [2.24, 2.45) is 0 Å². The number of rotatable bonds is 5. The number of fused-ring (bicyclic) bond motifs is 3. The summed E-state index contributed by atoms with van der Waals surface area (Å²) < 4.78 is 43.5. The second-order valence-corrected chi connectivity index (χ2v) is 9.38. The first kappa shape index (κ1) is 20.9. The number of hydrogen-bond donors (Lipinski definition) is 1. The molecule has 0 radical (unpaired) electrons. The largest absolute Gasteiger partial charge is 0.350 e. The highest BCUT2D eigenvalue weighted by Gasteiger charge is 2.36. The summed E-state index contributed by atoms with van der Waals surface area (Å²) in [6.07, 6.45) is 5.12. The number of amides is 1. The molecule has 1 aliphatic heterocycles. The third kappa shape index (κ3) is 3.76. The van der Waals surface area contributed by atoms with Crippen molar-refractivity contribution in [2.45, 2.75) is 11.4 Å². The van der Waals surface area contributed by atoms with Crippen molar-refractivity contribution in [1.82, 2.24) is 14.9 Å². The Hall–Kier alpha value is -3.98. The number of aromatic nitrogens is 2. The van der Waals surface area contributed by atoms with Gasteiger partial charge in [0.15, 0.2) is 0 Å². The summed E-state index contributed by atoms with van der Waals surface area (Å²) >= 11 is 0. The summed E-state index contributed by atoms with van der Waals surface area (Å²) in [5.41, 5.74) is 2.81. The van der Waals surface area contributed by atoms with E-state index < -0.39 is 28.3 Å². The van der Waals surface area contributed by atoms with Gasteiger partial charge in [-0.2, -0.15) is 0 Å². The van der Waals surface area contributed by atoms with Crippen molar-refractivity contribution in [3.05, 3.63) is 96.8 Å². The average Bonchev–Trinajstić information content (AvgIpc) is 3.36. The van der Waals surface area contributed by atoms with Crippen LogP contribution in [0.2, 0.25) is 0 Å². The number of carbonyl (C=O) groups is 1. The Labute approximate surface area is 190 Å². The second kappa shape index (κ2) is 8.18. The maximum Gasteiger partial charge on any atom is 0.265 e. The molecule has 0 saturated heterocycles. The summed E-state index contributed by atoms with van der Waals surface area (Å²) in [5, 5.41) is 2.80. The first-order valence-electron chi connectivity index (χ1n) is 10.2. The molecule has 1 aromatic heterocycles. The van der Waals surface area contributed by atoms with Crippen LogP contribution in [0, 0.1) is 5.82 Å². The van der Waals surface area contributed by atoms with Crippen molar-refractivity contribution >= 4 is 21.6 Å². The molecule has 0 bridgehead atoms. The second-order valence-electron chi connectivity index (χ2n) is 7.54. The molecule has 7 nitrogen and oxygen atoms in total. The zero-order chi connectivity index (χ0) is 23.0. The first-order valence-corrected chi connectivity index (χ1v) is 11.6. The highest BCUT2D eigenvalue weighted by atomic mass is 32.2. The molecule has 1 aliphatic rings. The predicted molar refractivity (Wildman–Crippen MR) is 122 cm³/mol. The standard InChI is InChI=1S/C24H19FN4O3S/c25-18-9-10-22-20(13-18)19-6-2-4-8-23(19)33(31,32)29(22)15-24(30)27-14-17-5-1-3-7-21(17)28-12-11-26-16-28/h1-13,16H,14-15H2,(H,27,30). The molecule has 4 aromatic rings. The number of sulfonamides is 1. The zero-order valence-electron chi connectivity index (χ0n) is 17.3. The number of nitrogens with one attached hydrogen (secondary N) is 1. The van der Waals surface area contributed by atoms with Crippen LogP contribution in [0.4, 0.5) is 10.1 Å². The quantitative estimate of drug-likeness (QED) is 0.492. The predicted octanol–water partition coefficient (Wildman–Crippen LogP) is 3.50. The number of halogens is 1. The van der Waals surface area contributed by atoms with Crippen molar-refractivity contribution in [3.63, 3.8) is 0 Å². The normalized spacial score (nSPS) is 13.8. The van der Waals surface area contributed by atoms with Crippen molar-refractivity contribution in [1.29, 1.82) is 0 Å². The van der Waals surface area contributed by atoms with Gasteiger partial charge in [0.25, 0.3) is 10.0 Å². The lowest BCUT2D eigenvalue weighted by Crippen LogP contribution is -2.42. The van der Waals surface area contributed by atoms with Gasteiger partial charge in [-0.1, -0.05) is 36.4 Å². The average molecular weight is 463 g/mol. The van der Waals surface area contributed by atoms with Gasteiger partial charge in [-0.15, -0.1) is 0 Å². The molecule has 0 unspecified atom stereocenters. The topological polar surface area (TPSA) is 84.3 Å². The molecular formula is C24H19FN4O3S. The van der Waals surface area contributed by atoms with E-state index in [0.29, 0.717) is 11.1 Å². The number of para-hydroxylation sites is 1. The van der Waals surface area contributed by atoms with Crippen LogP contribution in [0.15, 0.2) is 90.3 Å². The molecular weight excluding hydrogens is 443 g/mol. The van der Waals surface area contributed by atoms with Crippen LogP contribution < -0.4 is 9.62 Å². The third-order valence-electron chi connectivity index (χ3n) is 5.51. The number of carbonyl (C=O) groups excluding carboxylic acids is 1. The van der Waals surface area contributed by atoms with Gasteiger partial charge in [0.1, 0.15) is 12.4 Å². The summed E-state index contributed by atoms with van der Waals surface area (Å²) in [6.45, 7) is -0.226. The molecule has 2 heterocycles. The summed E-state index contributed by atoms with van der Waals surface area (Å²) in [4.78, 5) is 16.9. The lowest BCUT2D eigenvalue weighted by molar-refractivity contribution is -0.119. The zero-order valence-corrected chi connectivity index (χ0v) is 18.2. The van der Waals surface area contributed by atoms with E-state index in [2.05, 4.69) is 10.3 Å². The maximum absolute atomic E-state index is 14.0. The van der Waals surface area contributed by atoms with E-state index in [9.17, 15) is 17.6 Å². The molecule has 33 heavy (non-hydrogen) atoms. The highest BCUT2D eigenvalue weighted by molar-refractivity contribution is 7.93. The van der Waals surface area contributed by atoms with Crippen LogP contribution in [0.3, 0.4) is 0 Å². The Kier molecular flexibility index (Phi) is 5.18. The Morgan fingerprint density at radius 2 is 1.76 bits per heavy atom. The Morgan fingerprint density at radius 1 is 0.970 bits per heavy atom. The number of hydrogen-bond acceptors (Lipinski definition) is 4. The minimum absolute atomic E-state index is 0.0429. The molecule has 1 N–H and O–H groups in total. The Morgan fingerprint density at radius 3 is 2.58 bits per heavy atom. The lowest BCUT2D eigenvalue weighted by atomic mass is 10.0. The smallest absolute Gasteiger partial charge is 0.265 e. The first-order chi connectivity index (χ1) is 15.9. The van der Waals surface area contributed by atoms with E-state index in [1.54, 1.807) is 36.9 Å². The van der Waals surface area contributed by atoms with E-state index in [4.69, 9.17) is 0 Å². The van der Waals surface area contributed by atoms with Gasteiger partial charge in [-0.25, -0.2) is 17.8 Å². The van der Waals surface area contributed by atoms with Crippen molar-refractivity contribution in [3.8, 4) is 16.8 Å². The number of benzene rings is 3. The minimum atomic E-state index is -3.99. The summed E-state index contributed by atoms with van der Waals surface area (Å²) in [7, 11) is -3.99. The molecule has 0 saturated carbocycles. The molecule has 0 atom stereocenters.